The van der Waals surface area contributed by atoms with Crippen molar-refractivity contribution in [3.05, 3.63) is 30.1 Å². The van der Waals surface area contributed by atoms with E-state index in [1.165, 1.54) is 11.0 Å². The number of amides is 1. The number of para-hydroxylation sites is 1. The normalized spacial score (nSPS) is 20.7. The minimum Gasteiger partial charge on any atom is -0.396 e. The van der Waals surface area contributed by atoms with Crippen LogP contribution < -0.4 is 4.90 Å². The van der Waals surface area contributed by atoms with Gasteiger partial charge in [-0.2, -0.15) is 0 Å². The third-order valence-corrected chi connectivity index (χ3v) is 2.71. The SMILES string of the molecule is O=C1C(CCO)OCCN1c1ccccc1F. The summed E-state index contributed by atoms with van der Waals surface area (Å²) in [5, 5.41) is 8.82. The average molecular weight is 239 g/mol. The molecule has 5 heteroatoms. The Hall–Kier alpha value is -1.46. The lowest BCUT2D eigenvalue weighted by Crippen LogP contribution is -2.48. The Morgan fingerprint density at radius 2 is 2.24 bits per heavy atom. The molecule has 0 spiro atoms. The van der Waals surface area contributed by atoms with E-state index in [1.54, 1.807) is 18.2 Å². The van der Waals surface area contributed by atoms with Gasteiger partial charge < -0.3 is 14.7 Å². The number of hydrogen-bond donors (Lipinski definition) is 1. The van der Waals surface area contributed by atoms with Gasteiger partial charge in [-0.15, -0.1) is 0 Å². The van der Waals surface area contributed by atoms with Gasteiger partial charge in [0.15, 0.2) is 0 Å². The Morgan fingerprint density at radius 3 is 2.94 bits per heavy atom. The third kappa shape index (κ3) is 2.45. The number of rotatable bonds is 3. The molecule has 92 valence electrons. The van der Waals surface area contributed by atoms with Crippen LogP contribution in [-0.4, -0.2) is 36.9 Å². The van der Waals surface area contributed by atoms with Gasteiger partial charge in [0.25, 0.3) is 5.91 Å². The van der Waals surface area contributed by atoms with E-state index in [4.69, 9.17) is 9.84 Å². The van der Waals surface area contributed by atoms with Crippen molar-refractivity contribution in [2.24, 2.45) is 0 Å². The number of anilines is 1. The summed E-state index contributed by atoms with van der Waals surface area (Å²) in [6.45, 7) is 0.563. The zero-order chi connectivity index (χ0) is 12.3. The summed E-state index contributed by atoms with van der Waals surface area (Å²) in [5.41, 5.74) is 0.267. The topological polar surface area (TPSA) is 49.8 Å². The molecular formula is C12H14FNO3. The number of hydrogen-bond acceptors (Lipinski definition) is 3. The fourth-order valence-electron chi connectivity index (χ4n) is 1.88. The number of ether oxygens (including phenoxy) is 1. The summed E-state index contributed by atoms with van der Waals surface area (Å²) in [6, 6.07) is 6.14. The number of halogens is 1. The van der Waals surface area contributed by atoms with Gasteiger partial charge in [-0.1, -0.05) is 12.1 Å². The van der Waals surface area contributed by atoms with Crippen molar-refractivity contribution < 1.29 is 19.0 Å². The first kappa shape index (κ1) is 12.0. The molecule has 0 bridgehead atoms. The molecule has 4 nitrogen and oxygen atoms in total. The summed E-state index contributed by atoms with van der Waals surface area (Å²) in [4.78, 5) is 13.4. The molecule has 2 rings (SSSR count). The Kier molecular flexibility index (Phi) is 3.71. The Morgan fingerprint density at radius 1 is 1.47 bits per heavy atom. The smallest absolute Gasteiger partial charge is 0.256 e. The van der Waals surface area contributed by atoms with Crippen LogP contribution in [0.3, 0.4) is 0 Å². The van der Waals surface area contributed by atoms with Crippen molar-refractivity contribution >= 4 is 11.6 Å². The zero-order valence-electron chi connectivity index (χ0n) is 9.30. The molecule has 1 heterocycles. The van der Waals surface area contributed by atoms with E-state index in [-0.39, 0.29) is 24.6 Å². The van der Waals surface area contributed by atoms with Crippen LogP contribution in [0.4, 0.5) is 10.1 Å². The molecule has 0 saturated carbocycles. The quantitative estimate of drug-likeness (QED) is 0.854. The predicted octanol–water partition coefficient (Wildman–Crippen LogP) is 0.940. The van der Waals surface area contributed by atoms with Gasteiger partial charge in [0.1, 0.15) is 11.9 Å². The van der Waals surface area contributed by atoms with Crippen LogP contribution in [-0.2, 0) is 9.53 Å². The highest BCUT2D eigenvalue weighted by atomic mass is 19.1. The van der Waals surface area contributed by atoms with Crippen LogP contribution >= 0.6 is 0 Å². The number of carbonyl (C=O) groups excluding carboxylic acids is 1. The van der Waals surface area contributed by atoms with Crippen LogP contribution in [0, 0.1) is 5.82 Å². The molecule has 1 N–H and O–H groups in total. The summed E-state index contributed by atoms with van der Waals surface area (Å²) in [6.07, 6.45) is -0.433. The molecule has 1 saturated heterocycles. The maximum atomic E-state index is 13.6. The Bertz CT molecular complexity index is 408. The van der Waals surface area contributed by atoms with Gasteiger partial charge in [0, 0.05) is 19.6 Å². The number of aliphatic hydroxyl groups excluding tert-OH is 1. The largest absolute Gasteiger partial charge is 0.396 e. The average Bonchev–Trinajstić information content (AvgIpc) is 2.33. The molecule has 1 aromatic carbocycles. The minimum atomic E-state index is -0.673. The van der Waals surface area contributed by atoms with Crippen molar-refractivity contribution in [1.29, 1.82) is 0 Å². The first-order chi connectivity index (χ1) is 8.24. The molecule has 0 aromatic heterocycles. The van der Waals surface area contributed by atoms with Crippen molar-refractivity contribution in [3.8, 4) is 0 Å². The van der Waals surface area contributed by atoms with Crippen LogP contribution in [0.25, 0.3) is 0 Å². The highest BCUT2D eigenvalue weighted by Crippen LogP contribution is 2.22. The third-order valence-electron chi connectivity index (χ3n) is 2.71. The van der Waals surface area contributed by atoms with Gasteiger partial charge in [0.2, 0.25) is 0 Å². The second-order valence-corrected chi connectivity index (χ2v) is 3.81. The van der Waals surface area contributed by atoms with E-state index in [0.29, 0.717) is 13.2 Å². The second-order valence-electron chi connectivity index (χ2n) is 3.81. The highest BCUT2D eigenvalue weighted by Gasteiger charge is 2.31. The van der Waals surface area contributed by atoms with Gasteiger partial charge in [-0.3, -0.25) is 4.79 Å². The predicted molar refractivity (Wildman–Crippen MR) is 60.2 cm³/mol. The zero-order valence-corrected chi connectivity index (χ0v) is 9.30. The summed E-state index contributed by atoms with van der Waals surface area (Å²) in [5.74, 6) is -0.721. The number of aliphatic hydroxyl groups is 1. The Balaban J connectivity index is 2.21. The fourth-order valence-corrected chi connectivity index (χ4v) is 1.88. The van der Waals surface area contributed by atoms with Crippen LogP contribution in [0.2, 0.25) is 0 Å². The van der Waals surface area contributed by atoms with Crippen molar-refractivity contribution in [2.45, 2.75) is 12.5 Å². The number of carbonyl (C=O) groups is 1. The Labute approximate surface area is 98.6 Å². The summed E-state index contributed by atoms with van der Waals surface area (Å²) in [7, 11) is 0. The van der Waals surface area contributed by atoms with Crippen LogP contribution in [0.5, 0.6) is 0 Å². The van der Waals surface area contributed by atoms with Gasteiger partial charge in [-0.05, 0) is 12.1 Å². The fraction of sp³-hybridized carbons (Fsp3) is 0.417. The van der Waals surface area contributed by atoms with Crippen molar-refractivity contribution in [1.82, 2.24) is 0 Å². The lowest BCUT2D eigenvalue weighted by Gasteiger charge is -2.32. The van der Waals surface area contributed by atoms with Crippen molar-refractivity contribution in [2.75, 3.05) is 24.7 Å². The van der Waals surface area contributed by atoms with Gasteiger partial charge in [0.05, 0.1) is 12.3 Å². The van der Waals surface area contributed by atoms with E-state index in [9.17, 15) is 9.18 Å². The second kappa shape index (κ2) is 5.25. The molecule has 1 fully saturated rings. The van der Waals surface area contributed by atoms with E-state index < -0.39 is 11.9 Å². The van der Waals surface area contributed by atoms with Gasteiger partial charge >= 0.3 is 0 Å². The van der Waals surface area contributed by atoms with Gasteiger partial charge in [-0.25, -0.2) is 4.39 Å². The molecule has 1 aliphatic rings. The first-order valence-corrected chi connectivity index (χ1v) is 5.52. The lowest BCUT2D eigenvalue weighted by atomic mass is 10.1. The standard InChI is InChI=1S/C12H14FNO3/c13-9-3-1-2-4-10(9)14-6-8-17-11(5-7-15)12(14)16/h1-4,11,15H,5-8H2. The molecule has 1 aromatic rings. The number of morpholine rings is 1. The monoisotopic (exact) mass is 239 g/mol. The maximum absolute atomic E-state index is 13.6. The molecular weight excluding hydrogens is 225 g/mol. The van der Waals surface area contributed by atoms with E-state index in [1.807, 2.05) is 0 Å². The van der Waals surface area contributed by atoms with Crippen LogP contribution in [0.15, 0.2) is 24.3 Å². The molecule has 17 heavy (non-hydrogen) atoms. The minimum absolute atomic E-state index is 0.123. The molecule has 1 unspecified atom stereocenters. The summed E-state index contributed by atoms with van der Waals surface area (Å²) < 4.78 is 18.8. The number of nitrogens with zero attached hydrogens (tertiary/aromatic N) is 1. The lowest BCUT2D eigenvalue weighted by molar-refractivity contribution is -0.135. The molecule has 1 atom stereocenters. The molecule has 1 aliphatic heterocycles. The number of benzene rings is 1. The van der Waals surface area contributed by atoms with E-state index >= 15 is 0 Å². The van der Waals surface area contributed by atoms with Crippen molar-refractivity contribution in [3.63, 3.8) is 0 Å². The maximum Gasteiger partial charge on any atom is 0.256 e. The summed E-state index contributed by atoms with van der Waals surface area (Å²) >= 11 is 0. The molecule has 0 aliphatic carbocycles. The van der Waals surface area contributed by atoms with Crippen LogP contribution in [0.1, 0.15) is 6.42 Å². The highest BCUT2D eigenvalue weighted by molar-refractivity contribution is 5.97. The molecule has 1 amide bonds. The van der Waals surface area contributed by atoms with E-state index in [2.05, 4.69) is 0 Å². The first-order valence-electron chi connectivity index (χ1n) is 5.52. The van der Waals surface area contributed by atoms with E-state index in [0.717, 1.165) is 0 Å². The molecule has 0 radical (unpaired) electrons.